The summed E-state index contributed by atoms with van der Waals surface area (Å²) in [5.41, 5.74) is 4.50. The molecule has 0 aromatic heterocycles. The Hall–Kier alpha value is -0.120. The molecule has 0 aliphatic heterocycles. The lowest BCUT2D eigenvalue weighted by atomic mass is 10.5. The standard InChI is InChI=1S/C5H13NO.CH5N/c1-2-3-6-4-5-7;1-2/h6-7H,2-5H2,1H3;2H2,1H3. The highest BCUT2D eigenvalue weighted by molar-refractivity contribution is 4.39. The van der Waals surface area contributed by atoms with E-state index < -0.39 is 0 Å². The SMILES string of the molecule is CCCNCCO.CN. The number of hydrogen-bond donors (Lipinski definition) is 3. The fraction of sp³-hybridized carbons (Fsp3) is 1.00. The van der Waals surface area contributed by atoms with Crippen molar-refractivity contribution in [1.82, 2.24) is 5.32 Å². The molecule has 0 spiro atoms. The van der Waals surface area contributed by atoms with E-state index in [4.69, 9.17) is 5.11 Å². The molecule has 0 rings (SSSR count). The summed E-state index contributed by atoms with van der Waals surface area (Å²) in [6.07, 6.45) is 1.14. The Kier molecular flexibility index (Phi) is 20.3. The summed E-state index contributed by atoms with van der Waals surface area (Å²) in [7, 11) is 1.50. The van der Waals surface area contributed by atoms with Crippen LogP contribution in [0.2, 0.25) is 0 Å². The van der Waals surface area contributed by atoms with E-state index in [1.807, 2.05) is 0 Å². The van der Waals surface area contributed by atoms with Crippen molar-refractivity contribution in [1.29, 1.82) is 0 Å². The Labute approximate surface area is 57.3 Å². The van der Waals surface area contributed by atoms with Crippen molar-refractivity contribution < 1.29 is 5.11 Å². The molecule has 0 saturated carbocycles. The minimum Gasteiger partial charge on any atom is -0.395 e. The first-order valence-corrected chi connectivity index (χ1v) is 3.31. The Bertz CT molecular complexity index is 30.2. The largest absolute Gasteiger partial charge is 0.395 e. The minimum atomic E-state index is 0.250. The average Bonchev–Trinajstić information content (AvgIpc) is 1.94. The molecule has 0 aliphatic carbocycles. The summed E-state index contributed by atoms with van der Waals surface area (Å²) in [6, 6.07) is 0. The van der Waals surface area contributed by atoms with Crippen LogP contribution in [0.4, 0.5) is 0 Å². The van der Waals surface area contributed by atoms with Gasteiger partial charge in [0.25, 0.3) is 0 Å². The number of aliphatic hydroxyl groups excluding tert-OH is 1. The molecule has 58 valence electrons. The summed E-state index contributed by atoms with van der Waals surface area (Å²) in [5, 5.41) is 11.3. The fourth-order valence-electron chi connectivity index (χ4n) is 0.381. The number of nitrogens with one attached hydrogen (secondary N) is 1. The van der Waals surface area contributed by atoms with Gasteiger partial charge in [0.1, 0.15) is 0 Å². The van der Waals surface area contributed by atoms with Crippen LogP contribution in [0.15, 0.2) is 0 Å². The summed E-state index contributed by atoms with van der Waals surface area (Å²) < 4.78 is 0. The number of hydrogen-bond acceptors (Lipinski definition) is 3. The van der Waals surface area contributed by atoms with E-state index in [0.717, 1.165) is 19.5 Å². The molecule has 0 unspecified atom stereocenters. The first-order valence-electron chi connectivity index (χ1n) is 3.31. The highest BCUT2D eigenvalue weighted by Gasteiger charge is 1.77. The Morgan fingerprint density at radius 2 is 1.89 bits per heavy atom. The molecule has 0 radical (unpaired) electrons. The van der Waals surface area contributed by atoms with Crippen LogP contribution in [0.3, 0.4) is 0 Å². The average molecular weight is 134 g/mol. The molecule has 0 aromatic carbocycles. The normalized spacial score (nSPS) is 8.00. The van der Waals surface area contributed by atoms with Crippen LogP contribution in [0.1, 0.15) is 13.3 Å². The van der Waals surface area contributed by atoms with Gasteiger partial charge in [-0.2, -0.15) is 0 Å². The highest BCUT2D eigenvalue weighted by atomic mass is 16.3. The third-order valence-electron chi connectivity index (χ3n) is 0.715. The zero-order valence-electron chi connectivity index (χ0n) is 6.35. The van der Waals surface area contributed by atoms with E-state index in [1.54, 1.807) is 0 Å². The lowest BCUT2D eigenvalue weighted by Crippen LogP contribution is -2.18. The monoisotopic (exact) mass is 134 g/mol. The van der Waals surface area contributed by atoms with Crippen LogP contribution in [-0.2, 0) is 0 Å². The second-order valence-electron chi connectivity index (χ2n) is 1.47. The van der Waals surface area contributed by atoms with Gasteiger partial charge >= 0.3 is 0 Å². The second-order valence-corrected chi connectivity index (χ2v) is 1.47. The van der Waals surface area contributed by atoms with Crippen LogP contribution in [0, 0.1) is 0 Å². The Balaban J connectivity index is 0. The van der Waals surface area contributed by atoms with Gasteiger partial charge in [0, 0.05) is 6.54 Å². The lowest BCUT2D eigenvalue weighted by molar-refractivity contribution is 0.292. The lowest BCUT2D eigenvalue weighted by Gasteiger charge is -1.95. The molecule has 0 aromatic rings. The molecule has 0 heterocycles. The zero-order chi connectivity index (χ0) is 7.54. The highest BCUT2D eigenvalue weighted by Crippen LogP contribution is 1.66. The summed E-state index contributed by atoms with van der Waals surface area (Å²) in [6.45, 7) is 4.10. The van der Waals surface area contributed by atoms with E-state index in [-0.39, 0.29) is 6.61 Å². The number of nitrogens with two attached hydrogens (primary N) is 1. The van der Waals surface area contributed by atoms with Gasteiger partial charge in [-0.25, -0.2) is 0 Å². The van der Waals surface area contributed by atoms with E-state index in [1.165, 1.54) is 7.05 Å². The first-order chi connectivity index (χ1) is 4.41. The number of rotatable bonds is 4. The number of aliphatic hydroxyl groups is 1. The maximum absolute atomic E-state index is 8.23. The predicted molar refractivity (Wildman–Crippen MR) is 40.4 cm³/mol. The van der Waals surface area contributed by atoms with Crippen molar-refractivity contribution in [3.05, 3.63) is 0 Å². The molecule has 4 N–H and O–H groups in total. The van der Waals surface area contributed by atoms with Crippen molar-refractivity contribution in [3.8, 4) is 0 Å². The fourth-order valence-corrected chi connectivity index (χ4v) is 0.381. The summed E-state index contributed by atoms with van der Waals surface area (Å²) in [5.74, 6) is 0. The van der Waals surface area contributed by atoms with E-state index in [2.05, 4.69) is 18.0 Å². The molecule has 0 amide bonds. The van der Waals surface area contributed by atoms with E-state index >= 15 is 0 Å². The third-order valence-corrected chi connectivity index (χ3v) is 0.715. The van der Waals surface area contributed by atoms with Crippen molar-refractivity contribution in [2.75, 3.05) is 26.7 Å². The molecular weight excluding hydrogens is 116 g/mol. The molecule has 3 nitrogen and oxygen atoms in total. The second kappa shape index (κ2) is 15.7. The van der Waals surface area contributed by atoms with Crippen LogP contribution in [0.25, 0.3) is 0 Å². The Morgan fingerprint density at radius 3 is 2.22 bits per heavy atom. The van der Waals surface area contributed by atoms with Crippen molar-refractivity contribution in [3.63, 3.8) is 0 Å². The van der Waals surface area contributed by atoms with Gasteiger partial charge in [0.05, 0.1) is 6.61 Å². The zero-order valence-corrected chi connectivity index (χ0v) is 6.35. The van der Waals surface area contributed by atoms with Gasteiger partial charge in [-0.05, 0) is 20.0 Å². The minimum absolute atomic E-state index is 0.250. The third kappa shape index (κ3) is 18.1. The van der Waals surface area contributed by atoms with Crippen LogP contribution >= 0.6 is 0 Å². The van der Waals surface area contributed by atoms with Gasteiger partial charge in [-0.3, -0.25) is 0 Å². The van der Waals surface area contributed by atoms with Gasteiger partial charge in [0.2, 0.25) is 0 Å². The van der Waals surface area contributed by atoms with E-state index in [9.17, 15) is 0 Å². The topological polar surface area (TPSA) is 58.3 Å². The van der Waals surface area contributed by atoms with Crippen molar-refractivity contribution >= 4 is 0 Å². The molecule has 0 atom stereocenters. The van der Waals surface area contributed by atoms with Gasteiger partial charge in [0.15, 0.2) is 0 Å². The molecule has 0 saturated heterocycles. The molecule has 0 fully saturated rings. The van der Waals surface area contributed by atoms with Crippen molar-refractivity contribution in [2.24, 2.45) is 5.73 Å². The smallest absolute Gasteiger partial charge is 0.0555 e. The van der Waals surface area contributed by atoms with Crippen LogP contribution in [0.5, 0.6) is 0 Å². The summed E-state index contributed by atoms with van der Waals surface area (Å²) in [4.78, 5) is 0. The molecule has 0 aliphatic rings. The Morgan fingerprint density at radius 1 is 1.33 bits per heavy atom. The molecular formula is C6H18N2O. The molecule has 9 heavy (non-hydrogen) atoms. The quantitative estimate of drug-likeness (QED) is 0.457. The maximum atomic E-state index is 8.23. The van der Waals surface area contributed by atoms with Crippen LogP contribution in [-0.4, -0.2) is 31.9 Å². The van der Waals surface area contributed by atoms with Gasteiger partial charge in [-0.15, -0.1) is 0 Å². The van der Waals surface area contributed by atoms with Crippen molar-refractivity contribution in [2.45, 2.75) is 13.3 Å². The predicted octanol–water partition coefficient (Wildman–Crippen LogP) is -0.447. The van der Waals surface area contributed by atoms with Gasteiger partial charge in [-0.1, -0.05) is 6.92 Å². The van der Waals surface area contributed by atoms with Gasteiger partial charge < -0.3 is 16.2 Å². The summed E-state index contributed by atoms with van der Waals surface area (Å²) >= 11 is 0. The molecule has 0 bridgehead atoms. The first kappa shape index (κ1) is 11.6. The molecule has 3 heteroatoms. The van der Waals surface area contributed by atoms with E-state index in [0.29, 0.717) is 0 Å². The van der Waals surface area contributed by atoms with Crippen LogP contribution < -0.4 is 11.1 Å². The maximum Gasteiger partial charge on any atom is 0.0555 e.